The number of primary sulfonamides is 1. The molecule has 1 heterocycles. The number of benzene rings is 1. The third-order valence-corrected chi connectivity index (χ3v) is 6.43. The number of carbonyl (C=O) groups is 1. The fraction of sp³-hybridized carbons (Fsp3) is 0.529. The van der Waals surface area contributed by atoms with Gasteiger partial charge in [-0.05, 0) is 36.3 Å². The predicted octanol–water partition coefficient (Wildman–Crippen LogP) is 0.353. The van der Waals surface area contributed by atoms with E-state index in [1.54, 1.807) is 26.2 Å². The average Bonchev–Trinajstić information content (AvgIpc) is 3.13. The first-order chi connectivity index (χ1) is 12.8. The van der Waals surface area contributed by atoms with E-state index >= 15 is 0 Å². The summed E-state index contributed by atoms with van der Waals surface area (Å²) in [7, 11) is -0.291. The molecular weight excluding hydrogens is 386 g/mol. The molecule has 4 N–H and O–H groups in total. The molecule has 1 fully saturated rings. The van der Waals surface area contributed by atoms with Crippen LogP contribution in [0.5, 0.6) is 0 Å². The van der Waals surface area contributed by atoms with Gasteiger partial charge >= 0.3 is 0 Å². The van der Waals surface area contributed by atoms with Crippen LogP contribution in [0.4, 0.5) is 0 Å². The molecule has 1 atom stereocenters. The number of nitrogens with zero attached hydrogens (tertiary/aromatic N) is 2. The summed E-state index contributed by atoms with van der Waals surface area (Å²) in [4.78, 5) is 17.9. The van der Waals surface area contributed by atoms with Crippen LogP contribution >= 0.6 is 11.8 Å². The lowest BCUT2D eigenvalue weighted by Gasteiger charge is -2.17. The Morgan fingerprint density at radius 3 is 2.56 bits per heavy atom. The Kier molecular flexibility index (Phi) is 7.93. The lowest BCUT2D eigenvalue weighted by atomic mass is 10.2. The second kappa shape index (κ2) is 9.95. The summed E-state index contributed by atoms with van der Waals surface area (Å²) in [5, 5.41) is 12.0. The Labute approximate surface area is 165 Å². The minimum absolute atomic E-state index is 0.0442. The second-order valence-electron chi connectivity index (χ2n) is 6.51. The Hall–Kier alpha value is -1.78. The highest BCUT2D eigenvalue weighted by Crippen LogP contribution is 2.25. The highest BCUT2D eigenvalue weighted by atomic mass is 32.2. The van der Waals surface area contributed by atoms with E-state index in [0.29, 0.717) is 17.8 Å². The zero-order valence-corrected chi connectivity index (χ0v) is 17.3. The van der Waals surface area contributed by atoms with Gasteiger partial charge in [0.05, 0.1) is 18.0 Å². The van der Waals surface area contributed by atoms with Crippen molar-refractivity contribution in [2.75, 3.05) is 32.9 Å². The van der Waals surface area contributed by atoms with Crippen LogP contribution in [-0.2, 0) is 21.4 Å². The smallest absolute Gasteiger partial charge is 0.241 e. The number of hydrogen-bond acceptors (Lipinski definition) is 5. The molecule has 0 spiro atoms. The van der Waals surface area contributed by atoms with Gasteiger partial charge in [-0.3, -0.25) is 4.79 Å². The van der Waals surface area contributed by atoms with Gasteiger partial charge in [0.2, 0.25) is 15.9 Å². The summed E-state index contributed by atoms with van der Waals surface area (Å²) in [6.07, 6.45) is 2.41. The van der Waals surface area contributed by atoms with E-state index in [0.717, 1.165) is 12.1 Å². The molecule has 0 radical (unpaired) electrons. The highest BCUT2D eigenvalue weighted by Gasteiger charge is 2.16. The molecule has 1 aromatic carbocycles. The van der Waals surface area contributed by atoms with Crippen LogP contribution < -0.4 is 15.8 Å². The number of thioether (sulfide) groups is 1. The summed E-state index contributed by atoms with van der Waals surface area (Å²) < 4.78 is 22.6. The Morgan fingerprint density at radius 2 is 2.00 bits per heavy atom. The maximum Gasteiger partial charge on any atom is 0.241 e. The monoisotopic (exact) mass is 413 g/mol. The third kappa shape index (κ3) is 7.39. The quantitative estimate of drug-likeness (QED) is 0.439. The summed E-state index contributed by atoms with van der Waals surface area (Å²) in [6.45, 7) is 1.30. The van der Waals surface area contributed by atoms with Crippen LogP contribution in [0.25, 0.3) is 0 Å². The van der Waals surface area contributed by atoms with Crippen molar-refractivity contribution < 1.29 is 13.2 Å². The van der Waals surface area contributed by atoms with E-state index in [1.165, 1.54) is 35.6 Å². The van der Waals surface area contributed by atoms with Crippen LogP contribution in [0.2, 0.25) is 0 Å². The third-order valence-electron chi connectivity index (χ3n) is 4.10. The molecule has 2 rings (SSSR count). The van der Waals surface area contributed by atoms with Gasteiger partial charge in [-0.2, -0.15) is 11.8 Å². The van der Waals surface area contributed by atoms with Crippen LogP contribution in [0.15, 0.2) is 34.2 Å². The molecule has 1 aromatic rings. The maximum absolute atomic E-state index is 11.8. The van der Waals surface area contributed by atoms with Crippen molar-refractivity contribution in [3.8, 4) is 0 Å². The fourth-order valence-electron chi connectivity index (χ4n) is 2.46. The first-order valence-corrected chi connectivity index (χ1v) is 11.3. The zero-order chi connectivity index (χ0) is 19.9. The molecule has 1 unspecified atom stereocenters. The first-order valence-electron chi connectivity index (χ1n) is 8.71. The fourth-order valence-corrected chi connectivity index (χ4v) is 4.18. The van der Waals surface area contributed by atoms with E-state index in [-0.39, 0.29) is 17.3 Å². The van der Waals surface area contributed by atoms with Crippen LogP contribution in [-0.4, -0.2) is 63.4 Å². The summed E-state index contributed by atoms with van der Waals surface area (Å²) >= 11 is 1.94. The summed E-state index contributed by atoms with van der Waals surface area (Å²) in [5.74, 6) is 1.70. The first kappa shape index (κ1) is 21.5. The van der Waals surface area contributed by atoms with Crippen molar-refractivity contribution in [3.05, 3.63) is 29.8 Å². The molecular formula is C17H27N5O3S2. The van der Waals surface area contributed by atoms with Gasteiger partial charge in [0.1, 0.15) is 0 Å². The van der Waals surface area contributed by atoms with Gasteiger partial charge in [-0.1, -0.05) is 12.1 Å². The molecule has 0 bridgehead atoms. The molecule has 0 aliphatic carbocycles. The number of nitrogens with one attached hydrogen (secondary N) is 2. The Morgan fingerprint density at radius 1 is 1.30 bits per heavy atom. The number of guanidine groups is 1. The van der Waals surface area contributed by atoms with Crippen molar-refractivity contribution in [2.45, 2.75) is 29.5 Å². The van der Waals surface area contributed by atoms with Crippen molar-refractivity contribution in [2.24, 2.45) is 10.1 Å². The van der Waals surface area contributed by atoms with Crippen molar-refractivity contribution in [1.82, 2.24) is 15.5 Å². The summed E-state index contributed by atoms with van der Waals surface area (Å²) in [5.41, 5.74) is 0.845. The molecule has 0 aromatic heterocycles. The molecule has 27 heavy (non-hydrogen) atoms. The normalized spacial score (nSPS) is 17.6. The van der Waals surface area contributed by atoms with E-state index in [1.807, 2.05) is 11.8 Å². The van der Waals surface area contributed by atoms with Gasteiger partial charge in [0.25, 0.3) is 0 Å². The minimum atomic E-state index is -3.70. The van der Waals surface area contributed by atoms with E-state index in [2.05, 4.69) is 15.6 Å². The number of nitrogens with two attached hydrogens (primary N) is 1. The molecule has 150 valence electrons. The zero-order valence-electron chi connectivity index (χ0n) is 15.6. The number of aliphatic imine (C=N–C) groups is 1. The number of carbonyl (C=O) groups excluding carboxylic acids is 1. The van der Waals surface area contributed by atoms with Crippen LogP contribution in [0.3, 0.4) is 0 Å². The van der Waals surface area contributed by atoms with Gasteiger partial charge in [-0.15, -0.1) is 0 Å². The number of likely N-dealkylation sites (N-methyl/N-ethyl adjacent to an activating group) is 1. The average molecular weight is 414 g/mol. The largest absolute Gasteiger partial charge is 0.355 e. The van der Waals surface area contributed by atoms with E-state index in [9.17, 15) is 13.2 Å². The highest BCUT2D eigenvalue weighted by molar-refractivity contribution is 8.00. The van der Waals surface area contributed by atoms with Gasteiger partial charge in [0, 0.05) is 25.9 Å². The molecule has 10 heteroatoms. The number of rotatable bonds is 7. The molecule has 0 saturated carbocycles. The number of hydrogen-bond donors (Lipinski definition) is 3. The molecule has 1 aliphatic heterocycles. The maximum atomic E-state index is 11.8. The lowest BCUT2D eigenvalue weighted by Crippen LogP contribution is -2.44. The molecule has 1 aliphatic rings. The van der Waals surface area contributed by atoms with Crippen molar-refractivity contribution >= 4 is 33.7 Å². The van der Waals surface area contributed by atoms with Crippen LogP contribution in [0.1, 0.15) is 18.4 Å². The van der Waals surface area contributed by atoms with Crippen LogP contribution in [0, 0.1) is 0 Å². The molecule has 1 saturated heterocycles. The molecule has 8 nitrogen and oxygen atoms in total. The second-order valence-corrected chi connectivity index (χ2v) is 9.48. The number of sulfonamides is 1. The Balaban J connectivity index is 1.99. The van der Waals surface area contributed by atoms with E-state index < -0.39 is 10.0 Å². The van der Waals surface area contributed by atoms with Gasteiger partial charge in [0.15, 0.2) is 5.96 Å². The minimum Gasteiger partial charge on any atom is -0.355 e. The van der Waals surface area contributed by atoms with E-state index in [4.69, 9.17) is 5.14 Å². The molecule has 1 amide bonds. The lowest BCUT2D eigenvalue weighted by molar-refractivity contribution is -0.127. The standard InChI is InChI=1S/C17H27N5O3S2/c1-22(2)16(23)12-21-17(20-11-14-4-3-9-26-14)19-10-13-5-7-15(8-6-13)27(18,24)25/h5-8,14H,3-4,9-12H2,1-2H3,(H2,18,24,25)(H2,19,20,21). The van der Waals surface area contributed by atoms with Gasteiger partial charge < -0.3 is 15.5 Å². The van der Waals surface area contributed by atoms with Crippen molar-refractivity contribution in [1.29, 1.82) is 0 Å². The van der Waals surface area contributed by atoms with Crippen molar-refractivity contribution in [3.63, 3.8) is 0 Å². The predicted molar refractivity (Wildman–Crippen MR) is 109 cm³/mol. The topological polar surface area (TPSA) is 117 Å². The van der Waals surface area contributed by atoms with Gasteiger partial charge in [-0.25, -0.2) is 18.5 Å². The summed E-state index contributed by atoms with van der Waals surface area (Å²) in [6, 6.07) is 6.29. The number of amides is 1. The Bertz CT molecular complexity index is 757. The SMILES string of the molecule is CN(C)C(=O)CNC(=NCc1ccc(S(N)(=O)=O)cc1)NCC1CCCS1.